The molecule has 0 unspecified atom stereocenters. The zero-order valence-electron chi connectivity index (χ0n) is 12.1. The molecule has 0 N–H and O–H groups in total. The summed E-state index contributed by atoms with van der Waals surface area (Å²) in [5.41, 5.74) is 0.0838. The third kappa shape index (κ3) is 5.27. The minimum atomic E-state index is -0.504. The van der Waals surface area contributed by atoms with Gasteiger partial charge in [-0.15, -0.1) is 0 Å². The van der Waals surface area contributed by atoms with Gasteiger partial charge in [0, 0.05) is 26.3 Å². The molecule has 0 atom stereocenters. The molecule has 1 rings (SSSR count). The monoisotopic (exact) mass is 283 g/mol. The molecule has 0 spiro atoms. The second kappa shape index (κ2) is 9.44. The summed E-state index contributed by atoms with van der Waals surface area (Å²) in [4.78, 5) is 13.9. The molecule has 0 heterocycles. The number of hydrogen-bond donors (Lipinski definition) is 0. The average molecular weight is 283 g/mol. The van der Waals surface area contributed by atoms with Crippen LogP contribution in [0.25, 0.3) is 0 Å². The van der Waals surface area contributed by atoms with Gasteiger partial charge >= 0.3 is 0 Å². The lowest BCUT2D eigenvalue weighted by atomic mass is 10.2. The number of carbonyl (C=O) groups excluding carboxylic acids is 1. The fraction of sp³-hybridized carbons (Fsp3) is 0.533. The highest BCUT2D eigenvalue weighted by Gasteiger charge is 2.18. The molecule has 0 aliphatic carbocycles. The number of carbonyl (C=O) groups is 1. The number of ether oxygens (including phenoxy) is 2. The Balaban J connectivity index is 2.69. The molecule has 1 amide bonds. The van der Waals surface area contributed by atoms with Crippen molar-refractivity contribution in [2.75, 3.05) is 39.5 Å². The Morgan fingerprint density at radius 1 is 1.10 bits per heavy atom. The van der Waals surface area contributed by atoms with Crippen molar-refractivity contribution in [3.05, 3.63) is 35.6 Å². The predicted molar refractivity (Wildman–Crippen MR) is 75.3 cm³/mol. The lowest BCUT2D eigenvalue weighted by molar-refractivity contribution is 0.0546. The van der Waals surface area contributed by atoms with Gasteiger partial charge in [0.2, 0.25) is 0 Å². The Hall–Kier alpha value is -1.46. The third-order valence-electron chi connectivity index (χ3n) is 2.81. The van der Waals surface area contributed by atoms with E-state index >= 15 is 0 Å². The quantitative estimate of drug-likeness (QED) is 0.653. The Labute approximate surface area is 119 Å². The van der Waals surface area contributed by atoms with E-state index in [0.29, 0.717) is 39.5 Å². The fourth-order valence-corrected chi connectivity index (χ4v) is 1.76. The normalized spacial score (nSPS) is 10.6. The third-order valence-corrected chi connectivity index (χ3v) is 2.81. The van der Waals surface area contributed by atoms with Crippen LogP contribution in [0.4, 0.5) is 4.39 Å². The van der Waals surface area contributed by atoms with Crippen LogP contribution in [0.5, 0.6) is 0 Å². The van der Waals surface area contributed by atoms with Crippen LogP contribution in [-0.2, 0) is 9.47 Å². The van der Waals surface area contributed by atoms with Gasteiger partial charge < -0.3 is 14.4 Å². The van der Waals surface area contributed by atoms with Crippen molar-refractivity contribution >= 4 is 5.91 Å². The smallest absolute Gasteiger partial charge is 0.256 e. The van der Waals surface area contributed by atoms with Crippen LogP contribution in [0.2, 0.25) is 0 Å². The van der Waals surface area contributed by atoms with Crippen LogP contribution in [0.3, 0.4) is 0 Å². The van der Waals surface area contributed by atoms with E-state index in [1.807, 2.05) is 13.8 Å². The maximum atomic E-state index is 13.7. The zero-order chi connectivity index (χ0) is 14.8. The fourth-order valence-electron chi connectivity index (χ4n) is 1.76. The van der Waals surface area contributed by atoms with Crippen LogP contribution < -0.4 is 0 Å². The van der Waals surface area contributed by atoms with E-state index in [2.05, 4.69) is 0 Å². The molecule has 4 nitrogen and oxygen atoms in total. The van der Waals surface area contributed by atoms with E-state index in [4.69, 9.17) is 9.47 Å². The first-order valence-electron chi connectivity index (χ1n) is 6.90. The minimum Gasteiger partial charge on any atom is -0.380 e. The molecule has 20 heavy (non-hydrogen) atoms. The van der Waals surface area contributed by atoms with E-state index in [0.717, 1.165) is 0 Å². The van der Waals surface area contributed by atoms with Crippen molar-refractivity contribution in [1.29, 1.82) is 0 Å². The van der Waals surface area contributed by atoms with Gasteiger partial charge in [-0.2, -0.15) is 0 Å². The van der Waals surface area contributed by atoms with Gasteiger partial charge in [-0.25, -0.2) is 4.39 Å². The lowest BCUT2D eigenvalue weighted by Gasteiger charge is -2.22. The standard InChI is InChI=1S/C15H22FNO3/c1-3-19-11-9-17(10-12-20-4-2)15(18)13-7-5-6-8-14(13)16/h5-8H,3-4,9-12H2,1-2H3. The number of rotatable bonds is 9. The van der Waals surface area contributed by atoms with E-state index < -0.39 is 5.82 Å². The molecule has 0 bridgehead atoms. The highest BCUT2D eigenvalue weighted by atomic mass is 19.1. The Kier molecular flexibility index (Phi) is 7.84. The second-order valence-corrected chi connectivity index (χ2v) is 4.17. The van der Waals surface area contributed by atoms with Crippen molar-refractivity contribution < 1.29 is 18.7 Å². The van der Waals surface area contributed by atoms with Gasteiger partial charge in [-0.05, 0) is 26.0 Å². The number of amides is 1. The van der Waals surface area contributed by atoms with Gasteiger partial charge in [-0.1, -0.05) is 12.1 Å². The maximum Gasteiger partial charge on any atom is 0.256 e. The molecule has 0 aliphatic heterocycles. The van der Waals surface area contributed by atoms with Gasteiger partial charge in [0.1, 0.15) is 5.82 Å². The molecule has 1 aromatic rings. The molecular formula is C15H22FNO3. The van der Waals surface area contributed by atoms with Crippen LogP contribution in [0.15, 0.2) is 24.3 Å². The van der Waals surface area contributed by atoms with E-state index in [1.165, 1.54) is 12.1 Å². The van der Waals surface area contributed by atoms with Gasteiger partial charge in [0.15, 0.2) is 0 Å². The Morgan fingerprint density at radius 2 is 1.65 bits per heavy atom. The summed E-state index contributed by atoms with van der Waals surface area (Å²) in [6.45, 7) is 6.68. The van der Waals surface area contributed by atoms with Crippen molar-refractivity contribution in [3.8, 4) is 0 Å². The van der Waals surface area contributed by atoms with Gasteiger partial charge in [0.05, 0.1) is 18.8 Å². The van der Waals surface area contributed by atoms with E-state index in [-0.39, 0.29) is 11.5 Å². The topological polar surface area (TPSA) is 38.8 Å². The number of nitrogens with zero attached hydrogens (tertiary/aromatic N) is 1. The van der Waals surface area contributed by atoms with Crippen LogP contribution >= 0.6 is 0 Å². The molecule has 112 valence electrons. The Morgan fingerprint density at radius 3 is 2.15 bits per heavy atom. The highest BCUT2D eigenvalue weighted by molar-refractivity contribution is 5.94. The lowest BCUT2D eigenvalue weighted by Crippen LogP contribution is -2.37. The summed E-state index contributed by atoms with van der Waals surface area (Å²) in [6.07, 6.45) is 0. The van der Waals surface area contributed by atoms with Crippen molar-refractivity contribution in [3.63, 3.8) is 0 Å². The molecule has 0 saturated carbocycles. The number of halogens is 1. The summed E-state index contributed by atoms with van der Waals surface area (Å²) in [7, 11) is 0. The summed E-state index contributed by atoms with van der Waals surface area (Å²) >= 11 is 0. The average Bonchev–Trinajstić information content (AvgIpc) is 2.46. The summed E-state index contributed by atoms with van der Waals surface area (Å²) in [5, 5.41) is 0. The maximum absolute atomic E-state index is 13.7. The summed E-state index contributed by atoms with van der Waals surface area (Å²) < 4.78 is 24.2. The molecule has 5 heteroatoms. The molecule has 0 aliphatic rings. The SMILES string of the molecule is CCOCCN(CCOCC)C(=O)c1ccccc1F. The zero-order valence-corrected chi connectivity index (χ0v) is 12.1. The molecule has 0 fully saturated rings. The first-order chi connectivity index (χ1) is 9.70. The molecule has 0 saturated heterocycles. The van der Waals surface area contributed by atoms with Crippen LogP contribution in [0, 0.1) is 5.82 Å². The first-order valence-corrected chi connectivity index (χ1v) is 6.90. The van der Waals surface area contributed by atoms with Crippen molar-refractivity contribution in [1.82, 2.24) is 4.90 Å². The summed E-state index contributed by atoms with van der Waals surface area (Å²) in [6, 6.07) is 6.00. The second-order valence-electron chi connectivity index (χ2n) is 4.17. The Bertz CT molecular complexity index is 402. The van der Waals surface area contributed by atoms with E-state index in [1.54, 1.807) is 17.0 Å². The van der Waals surface area contributed by atoms with Crippen LogP contribution in [0.1, 0.15) is 24.2 Å². The molecular weight excluding hydrogens is 261 g/mol. The van der Waals surface area contributed by atoms with Crippen LogP contribution in [-0.4, -0.2) is 50.3 Å². The van der Waals surface area contributed by atoms with Crippen molar-refractivity contribution in [2.24, 2.45) is 0 Å². The van der Waals surface area contributed by atoms with E-state index in [9.17, 15) is 9.18 Å². The molecule has 1 aromatic carbocycles. The van der Waals surface area contributed by atoms with Crippen molar-refractivity contribution in [2.45, 2.75) is 13.8 Å². The number of hydrogen-bond acceptors (Lipinski definition) is 3. The van der Waals surface area contributed by atoms with Gasteiger partial charge in [0.25, 0.3) is 5.91 Å². The number of benzene rings is 1. The first kappa shape index (κ1) is 16.6. The molecule has 0 aromatic heterocycles. The summed E-state index contributed by atoms with van der Waals surface area (Å²) in [5.74, 6) is -0.835. The predicted octanol–water partition coefficient (Wildman–Crippen LogP) is 2.34. The molecule has 0 radical (unpaired) electrons. The minimum absolute atomic E-state index is 0.0838. The highest BCUT2D eigenvalue weighted by Crippen LogP contribution is 2.10. The van der Waals surface area contributed by atoms with Gasteiger partial charge in [-0.3, -0.25) is 4.79 Å². The largest absolute Gasteiger partial charge is 0.380 e.